The molecule has 0 radical (unpaired) electrons. The Bertz CT molecular complexity index is 1080. The normalized spacial score (nSPS) is 11.0. The molecule has 0 bridgehead atoms. The molecular formula is C24H23N3O. The van der Waals surface area contributed by atoms with Crippen LogP contribution < -0.4 is 0 Å². The average Bonchev–Trinajstić information content (AvgIpc) is 3.19. The third-order valence-corrected chi connectivity index (χ3v) is 5.08. The first-order chi connectivity index (χ1) is 13.7. The van der Waals surface area contributed by atoms with E-state index in [-0.39, 0.29) is 5.78 Å². The summed E-state index contributed by atoms with van der Waals surface area (Å²) in [6.07, 6.45) is 8.22. The number of hydrogen-bond donors (Lipinski definition) is 1. The molecule has 0 saturated heterocycles. The summed E-state index contributed by atoms with van der Waals surface area (Å²) in [6.45, 7) is 2.10. The Hall–Kier alpha value is -3.27. The molecule has 140 valence electrons. The van der Waals surface area contributed by atoms with Crippen molar-refractivity contribution in [2.75, 3.05) is 0 Å². The van der Waals surface area contributed by atoms with Gasteiger partial charge in [-0.25, -0.2) is 0 Å². The van der Waals surface area contributed by atoms with Gasteiger partial charge in [0, 0.05) is 30.6 Å². The fourth-order valence-corrected chi connectivity index (χ4v) is 3.57. The van der Waals surface area contributed by atoms with Gasteiger partial charge >= 0.3 is 0 Å². The van der Waals surface area contributed by atoms with E-state index in [0.717, 1.165) is 29.3 Å². The molecule has 2 heterocycles. The third kappa shape index (κ3) is 4.17. The number of fused-ring (bicyclic) bond motifs is 1. The zero-order valence-corrected chi connectivity index (χ0v) is 16.0. The fourth-order valence-electron chi connectivity index (χ4n) is 3.57. The molecule has 0 aliphatic heterocycles. The van der Waals surface area contributed by atoms with Gasteiger partial charge in [-0.2, -0.15) is 5.10 Å². The summed E-state index contributed by atoms with van der Waals surface area (Å²) in [7, 11) is 0. The van der Waals surface area contributed by atoms with Crippen LogP contribution in [0.1, 0.15) is 29.5 Å². The Morgan fingerprint density at radius 2 is 1.86 bits per heavy atom. The Labute approximate surface area is 164 Å². The van der Waals surface area contributed by atoms with Crippen molar-refractivity contribution in [1.29, 1.82) is 0 Å². The maximum atomic E-state index is 12.1. The molecule has 0 fully saturated rings. The summed E-state index contributed by atoms with van der Waals surface area (Å²) in [5.41, 5.74) is 6.94. The predicted molar refractivity (Wildman–Crippen MR) is 112 cm³/mol. The largest absolute Gasteiger partial charge is 0.299 e. The fraction of sp³-hybridized carbons (Fsp3) is 0.208. The number of aromatic nitrogens is 3. The number of Topliss-reactive ketones (excluding diaryl/α,β-unsaturated/α-hetero) is 1. The van der Waals surface area contributed by atoms with Crippen molar-refractivity contribution < 1.29 is 4.79 Å². The van der Waals surface area contributed by atoms with Gasteiger partial charge in [0.15, 0.2) is 0 Å². The summed E-state index contributed by atoms with van der Waals surface area (Å²) >= 11 is 0. The van der Waals surface area contributed by atoms with Crippen LogP contribution in [0.2, 0.25) is 0 Å². The van der Waals surface area contributed by atoms with Crippen molar-refractivity contribution in [3.8, 4) is 11.1 Å². The number of nitrogens with zero attached hydrogens (tertiary/aromatic N) is 2. The summed E-state index contributed by atoms with van der Waals surface area (Å²) in [5.74, 6) is 0.272. The lowest BCUT2D eigenvalue weighted by atomic mass is 9.98. The van der Waals surface area contributed by atoms with Crippen LogP contribution in [0, 0.1) is 6.92 Å². The molecule has 2 aromatic carbocycles. The van der Waals surface area contributed by atoms with Gasteiger partial charge in [-0.1, -0.05) is 30.3 Å². The maximum absolute atomic E-state index is 12.1. The van der Waals surface area contributed by atoms with E-state index in [1.165, 1.54) is 22.3 Å². The molecule has 4 nitrogen and oxygen atoms in total. The van der Waals surface area contributed by atoms with Gasteiger partial charge in [0.25, 0.3) is 0 Å². The van der Waals surface area contributed by atoms with Gasteiger partial charge < -0.3 is 0 Å². The van der Waals surface area contributed by atoms with Crippen LogP contribution in [0.5, 0.6) is 0 Å². The highest BCUT2D eigenvalue weighted by molar-refractivity contribution is 5.87. The smallest absolute Gasteiger partial charge is 0.137 e. The zero-order chi connectivity index (χ0) is 19.3. The van der Waals surface area contributed by atoms with Crippen LogP contribution in [-0.2, 0) is 17.6 Å². The first-order valence-electron chi connectivity index (χ1n) is 9.63. The Balaban J connectivity index is 1.35. The molecule has 2 aromatic heterocycles. The molecule has 28 heavy (non-hydrogen) atoms. The van der Waals surface area contributed by atoms with Crippen LogP contribution in [0.4, 0.5) is 0 Å². The second-order valence-electron chi connectivity index (χ2n) is 7.25. The summed E-state index contributed by atoms with van der Waals surface area (Å²) in [4.78, 5) is 16.2. The first-order valence-corrected chi connectivity index (χ1v) is 9.63. The van der Waals surface area contributed by atoms with Crippen LogP contribution >= 0.6 is 0 Å². The van der Waals surface area contributed by atoms with E-state index in [1.54, 1.807) is 12.4 Å². The van der Waals surface area contributed by atoms with Crippen LogP contribution in [0.25, 0.3) is 22.0 Å². The van der Waals surface area contributed by atoms with E-state index >= 15 is 0 Å². The highest BCUT2D eigenvalue weighted by atomic mass is 16.1. The summed E-state index contributed by atoms with van der Waals surface area (Å²) in [6, 6.07) is 16.8. The number of hydrogen-bond acceptors (Lipinski definition) is 3. The number of rotatable bonds is 7. The molecule has 0 atom stereocenters. The number of H-pyrrole nitrogens is 1. The maximum Gasteiger partial charge on any atom is 0.137 e. The topological polar surface area (TPSA) is 58.6 Å². The molecule has 0 aliphatic rings. The van der Waals surface area contributed by atoms with Crippen molar-refractivity contribution in [2.45, 2.75) is 32.6 Å². The Kier molecular flexibility index (Phi) is 5.29. The molecule has 0 aliphatic carbocycles. The lowest BCUT2D eigenvalue weighted by Gasteiger charge is -2.07. The van der Waals surface area contributed by atoms with Gasteiger partial charge in [-0.05, 0) is 65.8 Å². The minimum absolute atomic E-state index is 0.272. The van der Waals surface area contributed by atoms with E-state index in [1.807, 2.05) is 18.3 Å². The Morgan fingerprint density at radius 1 is 1.00 bits per heavy atom. The second-order valence-corrected chi connectivity index (χ2v) is 7.25. The highest BCUT2D eigenvalue weighted by Gasteiger charge is 2.06. The molecule has 4 rings (SSSR count). The zero-order valence-electron chi connectivity index (χ0n) is 16.0. The number of benzene rings is 2. The highest BCUT2D eigenvalue weighted by Crippen LogP contribution is 2.26. The lowest BCUT2D eigenvalue weighted by Crippen LogP contribution is -2.03. The third-order valence-electron chi connectivity index (χ3n) is 5.08. The molecule has 0 saturated carbocycles. The standard InChI is InChI=1S/C24H23N3O/c1-17-12-21(14-22-16-26-27-24(17)22)20-9-7-18(8-10-20)4-2-6-23(28)13-19-5-3-11-25-15-19/h3,5,7-12,14-16H,2,4,6,13H2,1H3,(H,26,27). The molecule has 4 aromatic rings. The number of pyridine rings is 1. The second kappa shape index (κ2) is 8.17. The van der Waals surface area contributed by atoms with Crippen molar-refractivity contribution in [3.63, 3.8) is 0 Å². The molecule has 0 spiro atoms. The van der Waals surface area contributed by atoms with Gasteiger partial charge in [-0.3, -0.25) is 14.9 Å². The van der Waals surface area contributed by atoms with Crippen molar-refractivity contribution in [1.82, 2.24) is 15.2 Å². The monoisotopic (exact) mass is 369 g/mol. The van der Waals surface area contributed by atoms with Crippen molar-refractivity contribution in [3.05, 3.63) is 83.8 Å². The van der Waals surface area contributed by atoms with Crippen molar-refractivity contribution >= 4 is 16.7 Å². The number of ketones is 1. The van der Waals surface area contributed by atoms with Crippen LogP contribution in [0.3, 0.4) is 0 Å². The van der Waals surface area contributed by atoms with E-state index < -0.39 is 0 Å². The number of aryl methyl sites for hydroxylation is 2. The van der Waals surface area contributed by atoms with E-state index in [4.69, 9.17) is 0 Å². The minimum atomic E-state index is 0.272. The van der Waals surface area contributed by atoms with Gasteiger partial charge in [-0.15, -0.1) is 0 Å². The van der Waals surface area contributed by atoms with Crippen LogP contribution in [0.15, 0.2) is 67.1 Å². The number of carbonyl (C=O) groups excluding carboxylic acids is 1. The molecular weight excluding hydrogens is 346 g/mol. The average molecular weight is 369 g/mol. The van der Waals surface area contributed by atoms with E-state index in [9.17, 15) is 4.79 Å². The predicted octanol–water partition coefficient (Wildman–Crippen LogP) is 5.07. The van der Waals surface area contributed by atoms with Crippen LogP contribution in [-0.4, -0.2) is 21.0 Å². The van der Waals surface area contributed by atoms with Gasteiger partial charge in [0.2, 0.25) is 0 Å². The quantitative estimate of drug-likeness (QED) is 0.495. The molecule has 4 heteroatoms. The van der Waals surface area contributed by atoms with Gasteiger partial charge in [0.05, 0.1) is 11.7 Å². The SMILES string of the molecule is Cc1cc(-c2ccc(CCCC(=O)Cc3cccnc3)cc2)cc2cn[nH]c12. The van der Waals surface area contributed by atoms with E-state index in [0.29, 0.717) is 12.8 Å². The molecule has 0 unspecified atom stereocenters. The number of aromatic amines is 1. The van der Waals surface area contributed by atoms with E-state index in [2.05, 4.69) is 58.5 Å². The molecule has 0 amide bonds. The lowest BCUT2D eigenvalue weighted by molar-refractivity contribution is -0.118. The minimum Gasteiger partial charge on any atom is -0.299 e. The summed E-state index contributed by atoms with van der Waals surface area (Å²) in [5, 5.41) is 8.30. The summed E-state index contributed by atoms with van der Waals surface area (Å²) < 4.78 is 0. The Morgan fingerprint density at radius 3 is 2.64 bits per heavy atom. The van der Waals surface area contributed by atoms with Gasteiger partial charge in [0.1, 0.15) is 5.78 Å². The van der Waals surface area contributed by atoms with Crippen molar-refractivity contribution in [2.24, 2.45) is 0 Å². The first kappa shape index (κ1) is 18.1. The molecule has 1 N–H and O–H groups in total. The number of carbonyl (C=O) groups is 1. The number of nitrogens with one attached hydrogen (secondary N) is 1.